The molecule has 0 radical (unpaired) electrons. The monoisotopic (exact) mass is 259 g/mol. The number of hydrogen-bond donors (Lipinski definition) is 2. The molecule has 1 aromatic carbocycles. The second-order valence-electron chi connectivity index (χ2n) is 5.01. The third kappa shape index (κ3) is 3.91. The number of aromatic nitrogens is 2. The molecule has 19 heavy (non-hydrogen) atoms. The molecule has 1 aromatic heterocycles. The van der Waals surface area contributed by atoms with Crippen LogP contribution in [-0.2, 0) is 6.54 Å². The van der Waals surface area contributed by atoms with Crippen LogP contribution in [-0.4, -0.2) is 39.9 Å². The number of aliphatic hydroxyl groups is 1. The first kappa shape index (κ1) is 13.8. The zero-order valence-corrected chi connectivity index (χ0v) is 11.5. The zero-order valence-electron chi connectivity index (χ0n) is 11.5. The lowest BCUT2D eigenvalue weighted by molar-refractivity contribution is 0.163. The van der Waals surface area contributed by atoms with E-state index in [4.69, 9.17) is 0 Å². The van der Waals surface area contributed by atoms with Crippen LogP contribution in [0.2, 0.25) is 0 Å². The van der Waals surface area contributed by atoms with Crippen molar-refractivity contribution >= 4 is 0 Å². The Morgan fingerprint density at radius 1 is 1.32 bits per heavy atom. The van der Waals surface area contributed by atoms with E-state index in [0.717, 1.165) is 30.8 Å². The van der Waals surface area contributed by atoms with Crippen LogP contribution >= 0.6 is 0 Å². The van der Waals surface area contributed by atoms with Crippen molar-refractivity contribution in [3.8, 4) is 11.3 Å². The number of aliphatic hydroxyl groups excluding tert-OH is 1. The minimum atomic E-state index is -0.250. The first-order valence-electron chi connectivity index (χ1n) is 6.61. The summed E-state index contributed by atoms with van der Waals surface area (Å²) in [7, 11) is 2.06. The Kier molecular flexibility index (Phi) is 4.71. The van der Waals surface area contributed by atoms with Crippen molar-refractivity contribution in [3.05, 3.63) is 42.1 Å². The van der Waals surface area contributed by atoms with Crippen molar-refractivity contribution in [2.24, 2.45) is 0 Å². The van der Waals surface area contributed by atoms with Gasteiger partial charge < -0.3 is 10.0 Å². The number of rotatable bonds is 6. The highest BCUT2D eigenvalue weighted by molar-refractivity contribution is 5.62. The van der Waals surface area contributed by atoms with E-state index in [-0.39, 0.29) is 6.10 Å². The molecule has 1 atom stereocenters. The smallest absolute Gasteiger partial charge is 0.0695 e. The molecule has 2 rings (SSSR count). The van der Waals surface area contributed by atoms with Crippen molar-refractivity contribution in [2.75, 3.05) is 13.6 Å². The SMILES string of the molecule is CC(O)CCN(C)Cc1cn[nH]c1-c1ccccc1. The van der Waals surface area contributed by atoms with Gasteiger partial charge in [-0.2, -0.15) is 5.10 Å². The quantitative estimate of drug-likeness (QED) is 0.837. The molecule has 0 aliphatic carbocycles. The van der Waals surface area contributed by atoms with E-state index in [1.807, 2.05) is 31.3 Å². The summed E-state index contributed by atoms with van der Waals surface area (Å²) in [5.74, 6) is 0. The van der Waals surface area contributed by atoms with Gasteiger partial charge in [0.1, 0.15) is 0 Å². The topological polar surface area (TPSA) is 52.1 Å². The summed E-state index contributed by atoms with van der Waals surface area (Å²) in [5.41, 5.74) is 3.41. The Balaban J connectivity index is 2.04. The van der Waals surface area contributed by atoms with Crippen LogP contribution in [0.25, 0.3) is 11.3 Å². The number of hydrogen-bond acceptors (Lipinski definition) is 3. The van der Waals surface area contributed by atoms with E-state index < -0.39 is 0 Å². The molecule has 0 saturated heterocycles. The van der Waals surface area contributed by atoms with Crippen LogP contribution in [0.5, 0.6) is 0 Å². The van der Waals surface area contributed by atoms with Crippen molar-refractivity contribution in [2.45, 2.75) is 26.0 Å². The summed E-state index contributed by atoms with van der Waals surface area (Å²) in [6, 6.07) is 10.2. The summed E-state index contributed by atoms with van der Waals surface area (Å²) in [4.78, 5) is 2.20. The second kappa shape index (κ2) is 6.50. The van der Waals surface area contributed by atoms with Crippen LogP contribution in [0.15, 0.2) is 36.5 Å². The molecule has 2 aromatic rings. The molecule has 2 N–H and O–H groups in total. The predicted octanol–water partition coefficient (Wildman–Crippen LogP) is 2.28. The summed E-state index contributed by atoms with van der Waals surface area (Å²) >= 11 is 0. The van der Waals surface area contributed by atoms with Crippen molar-refractivity contribution in [1.29, 1.82) is 0 Å². The van der Waals surface area contributed by atoms with Crippen LogP contribution in [0.3, 0.4) is 0 Å². The molecule has 0 amide bonds. The highest BCUT2D eigenvalue weighted by Gasteiger charge is 2.10. The standard InChI is InChI=1S/C15H21N3O/c1-12(19)8-9-18(2)11-14-10-16-17-15(14)13-6-4-3-5-7-13/h3-7,10,12,19H,8-9,11H2,1-2H3,(H,16,17). The van der Waals surface area contributed by atoms with E-state index in [0.29, 0.717) is 0 Å². The van der Waals surface area contributed by atoms with Gasteiger partial charge in [-0.1, -0.05) is 30.3 Å². The highest BCUT2D eigenvalue weighted by Crippen LogP contribution is 2.21. The molecule has 0 aliphatic rings. The average Bonchev–Trinajstić information content (AvgIpc) is 2.85. The van der Waals surface area contributed by atoms with Crippen LogP contribution in [0, 0.1) is 0 Å². The number of nitrogens with one attached hydrogen (secondary N) is 1. The Morgan fingerprint density at radius 3 is 2.74 bits per heavy atom. The molecule has 102 valence electrons. The van der Waals surface area contributed by atoms with Gasteiger partial charge in [0, 0.05) is 18.7 Å². The zero-order chi connectivity index (χ0) is 13.7. The van der Waals surface area contributed by atoms with Crippen LogP contribution in [0.4, 0.5) is 0 Å². The summed E-state index contributed by atoms with van der Waals surface area (Å²) < 4.78 is 0. The summed E-state index contributed by atoms with van der Waals surface area (Å²) in [6.45, 7) is 3.52. The number of benzene rings is 1. The third-order valence-corrected chi connectivity index (χ3v) is 3.15. The average molecular weight is 259 g/mol. The number of nitrogens with zero attached hydrogens (tertiary/aromatic N) is 2. The van der Waals surface area contributed by atoms with E-state index in [1.54, 1.807) is 0 Å². The first-order chi connectivity index (χ1) is 9.16. The van der Waals surface area contributed by atoms with Crippen molar-refractivity contribution in [1.82, 2.24) is 15.1 Å². The molecule has 0 aliphatic heterocycles. The Labute approximate surface area is 114 Å². The second-order valence-corrected chi connectivity index (χ2v) is 5.01. The summed E-state index contributed by atoms with van der Waals surface area (Å²) in [5, 5.41) is 16.5. The Hall–Kier alpha value is -1.65. The highest BCUT2D eigenvalue weighted by atomic mass is 16.3. The van der Waals surface area contributed by atoms with Gasteiger partial charge >= 0.3 is 0 Å². The molecule has 0 fully saturated rings. The lowest BCUT2D eigenvalue weighted by atomic mass is 10.1. The minimum Gasteiger partial charge on any atom is -0.393 e. The fourth-order valence-corrected chi connectivity index (χ4v) is 2.06. The van der Waals surface area contributed by atoms with Crippen LogP contribution in [0.1, 0.15) is 18.9 Å². The normalized spacial score (nSPS) is 12.8. The van der Waals surface area contributed by atoms with Crippen molar-refractivity contribution < 1.29 is 5.11 Å². The van der Waals surface area contributed by atoms with Gasteiger partial charge in [0.25, 0.3) is 0 Å². The lowest BCUT2D eigenvalue weighted by Gasteiger charge is -2.17. The van der Waals surface area contributed by atoms with Gasteiger partial charge in [-0.25, -0.2) is 0 Å². The Morgan fingerprint density at radius 2 is 2.05 bits per heavy atom. The maximum absolute atomic E-state index is 9.31. The molecular weight excluding hydrogens is 238 g/mol. The number of H-pyrrole nitrogens is 1. The maximum Gasteiger partial charge on any atom is 0.0695 e. The molecule has 4 heteroatoms. The third-order valence-electron chi connectivity index (χ3n) is 3.15. The van der Waals surface area contributed by atoms with Gasteiger partial charge in [0.05, 0.1) is 18.0 Å². The van der Waals surface area contributed by atoms with E-state index in [2.05, 4.69) is 34.3 Å². The molecule has 0 saturated carbocycles. The minimum absolute atomic E-state index is 0.250. The van der Waals surface area contributed by atoms with E-state index in [9.17, 15) is 5.11 Å². The summed E-state index contributed by atoms with van der Waals surface area (Å²) in [6.07, 6.45) is 2.41. The molecule has 4 nitrogen and oxygen atoms in total. The van der Waals surface area contributed by atoms with Crippen molar-refractivity contribution in [3.63, 3.8) is 0 Å². The van der Waals surface area contributed by atoms with Gasteiger partial charge in [-0.3, -0.25) is 5.10 Å². The predicted molar refractivity (Wildman–Crippen MR) is 76.7 cm³/mol. The molecule has 1 unspecified atom stereocenters. The number of aromatic amines is 1. The molecular formula is C15H21N3O. The van der Waals surface area contributed by atoms with Gasteiger partial charge in [0.15, 0.2) is 0 Å². The van der Waals surface area contributed by atoms with Crippen LogP contribution < -0.4 is 0 Å². The Bertz CT molecular complexity index is 493. The fourth-order valence-electron chi connectivity index (χ4n) is 2.06. The van der Waals surface area contributed by atoms with Gasteiger partial charge in [-0.15, -0.1) is 0 Å². The molecule has 0 spiro atoms. The van der Waals surface area contributed by atoms with E-state index >= 15 is 0 Å². The van der Waals surface area contributed by atoms with Gasteiger partial charge in [0.2, 0.25) is 0 Å². The lowest BCUT2D eigenvalue weighted by Crippen LogP contribution is -2.22. The van der Waals surface area contributed by atoms with E-state index in [1.165, 1.54) is 5.56 Å². The molecule has 1 heterocycles. The maximum atomic E-state index is 9.31. The first-order valence-corrected chi connectivity index (χ1v) is 6.61. The van der Waals surface area contributed by atoms with Gasteiger partial charge in [-0.05, 0) is 26.0 Å². The largest absolute Gasteiger partial charge is 0.393 e. The fraction of sp³-hybridized carbons (Fsp3) is 0.400. The molecule has 0 bridgehead atoms.